The smallest absolute Gasteiger partial charge is 0.337 e. The van der Waals surface area contributed by atoms with Gasteiger partial charge in [-0.2, -0.15) is 0 Å². The highest BCUT2D eigenvalue weighted by Gasteiger charge is 2.28. The first-order chi connectivity index (χ1) is 14.6. The maximum absolute atomic E-state index is 13.5. The molecule has 0 radical (unpaired) electrons. The second-order valence-corrected chi connectivity index (χ2v) is 9.40. The average Bonchev–Trinajstić information content (AvgIpc) is 3.33. The second kappa shape index (κ2) is 7.54. The summed E-state index contributed by atoms with van der Waals surface area (Å²) < 4.78 is 2.77. The number of amides is 1. The van der Waals surface area contributed by atoms with Crippen molar-refractivity contribution in [3.05, 3.63) is 61.6 Å². The lowest BCUT2D eigenvalue weighted by Crippen LogP contribution is -2.46. The number of fused-ring (bicyclic) bond motifs is 3. The number of likely N-dealkylation sites (tertiary alicyclic amines) is 1. The van der Waals surface area contributed by atoms with Gasteiger partial charge in [-0.1, -0.05) is 18.2 Å². The Morgan fingerprint density at radius 3 is 2.67 bits per heavy atom. The SMILES string of the molecule is CC1CCCCN1C(=O)Cn1c(=O)n(-c2ccccc2)c(=O)c2c3c(sc21)CCC3. The van der Waals surface area contributed by atoms with Crippen LogP contribution in [0.1, 0.15) is 43.0 Å². The number of thiophene rings is 1. The van der Waals surface area contributed by atoms with Crippen LogP contribution in [0.5, 0.6) is 0 Å². The Hall–Kier alpha value is -2.67. The van der Waals surface area contributed by atoms with E-state index in [2.05, 4.69) is 6.92 Å². The van der Waals surface area contributed by atoms with E-state index in [1.54, 1.807) is 12.1 Å². The van der Waals surface area contributed by atoms with Gasteiger partial charge in [0, 0.05) is 17.5 Å². The van der Waals surface area contributed by atoms with Crippen molar-refractivity contribution in [2.45, 2.75) is 58.0 Å². The molecule has 1 aliphatic carbocycles. The minimum absolute atomic E-state index is 0.0216. The van der Waals surface area contributed by atoms with Gasteiger partial charge in [-0.25, -0.2) is 9.36 Å². The summed E-state index contributed by atoms with van der Waals surface area (Å²) in [6, 6.07) is 9.20. The summed E-state index contributed by atoms with van der Waals surface area (Å²) >= 11 is 1.51. The van der Waals surface area contributed by atoms with Crippen LogP contribution in [0.4, 0.5) is 0 Å². The lowest BCUT2D eigenvalue weighted by atomic mass is 10.0. The van der Waals surface area contributed by atoms with Crippen molar-refractivity contribution in [1.29, 1.82) is 0 Å². The fourth-order valence-corrected chi connectivity index (χ4v) is 6.22. The van der Waals surface area contributed by atoms with E-state index in [9.17, 15) is 14.4 Å². The van der Waals surface area contributed by atoms with Crippen LogP contribution in [0.3, 0.4) is 0 Å². The molecule has 3 heterocycles. The van der Waals surface area contributed by atoms with Crippen molar-refractivity contribution in [1.82, 2.24) is 14.0 Å². The lowest BCUT2D eigenvalue weighted by Gasteiger charge is -2.33. The first kappa shape index (κ1) is 19.3. The van der Waals surface area contributed by atoms with Gasteiger partial charge in [-0.15, -0.1) is 11.3 Å². The van der Waals surface area contributed by atoms with Crippen LogP contribution in [-0.2, 0) is 24.2 Å². The van der Waals surface area contributed by atoms with Crippen LogP contribution in [0.2, 0.25) is 0 Å². The number of piperidine rings is 1. The number of hydrogen-bond donors (Lipinski definition) is 0. The van der Waals surface area contributed by atoms with Crippen molar-refractivity contribution >= 4 is 27.5 Å². The van der Waals surface area contributed by atoms with Gasteiger partial charge in [0.05, 0.1) is 11.1 Å². The summed E-state index contributed by atoms with van der Waals surface area (Å²) in [4.78, 5) is 43.8. The maximum atomic E-state index is 13.5. The number of para-hydroxylation sites is 1. The van der Waals surface area contributed by atoms with Crippen LogP contribution in [-0.4, -0.2) is 32.5 Å². The second-order valence-electron chi connectivity index (χ2n) is 8.31. The van der Waals surface area contributed by atoms with Crippen molar-refractivity contribution in [2.75, 3.05) is 6.54 Å². The van der Waals surface area contributed by atoms with E-state index in [1.807, 2.05) is 23.1 Å². The molecule has 5 rings (SSSR count). The number of benzene rings is 1. The highest BCUT2D eigenvalue weighted by atomic mass is 32.1. The normalized spacial score (nSPS) is 18.7. The summed E-state index contributed by atoms with van der Waals surface area (Å²) in [6.07, 6.45) is 5.94. The highest BCUT2D eigenvalue weighted by molar-refractivity contribution is 7.19. The number of aromatic nitrogens is 2. The zero-order valence-electron chi connectivity index (χ0n) is 17.1. The molecule has 1 aliphatic heterocycles. The summed E-state index contributed by atoms with van der Waals surface area (Å²) in [5, 5.41) is 0.621. The molecule has 2 aliphatic rings. The Morgan fingerprint density at radius 2 is 1.90 bits per heavy atom. The maximum Gasteiger partial charge on any atom is 0.337 e. The Kier molecular flexibility index (Phi) is 4.85. The highest BCUT2D eigenvalue weighted by Crippen LogP contribution is 2.35. The van der Waals surface area contributed by atoms with Crippen molar-refractivity contribution < 1.29 is 4.79 Å². The summed E-state index contributed by atoms with van der Waals surface area (Å²) in [5.74, 6) is -0.0441. The Bertz CT molecular complexity index is 1240. The zero-order chi connectivity index (χ0) is 20.8. The standard InChI is InChI=1S/C23H25N3O3S/c1-15-8-5-6-13-24(15)19(27)14-25-22-20(17-11-7-12-18(17)30-22)21(28)26(23(25)29)16-9-3-2-4-10-16/h2-4,9-10,15H,5-8,11-14H2,1H3. The lowest BCUT2D eigenvalue weighted by molar-refractivity contribution is -0.135. The number of carbonyl (C=O) groups excluding carboxylic acids is 1. The molecule has 7 heteroatoms. The van der Waals surface area contributed by atoms with E-state index < -0.39 is 5.69 Å². The van der Waals surface area contributed by atoms with Gasteiger partial charge in [-0.05, 0) is 63.1 Å². The molecule has 30 heavy (non-hydrogen) atoms. The van der Waals surface area contributed by atoms with Gasteiger partial charge in [-0.3, -0.25) is 14.2 Å². The molecule has 1 unspecified atom stereocenters. The summed E-state index contributed by atoms with van der Waals surface area (Å²) in [7, 11) is 0. The van der Waals surface area contributed by atoms with E-state index in [4.69, 9.17) is 0 Å². The molecule has 0 bridgehead atoms. The number of rotatable bonds is 3. The molecule has 6 nitrogen and oxygen atoms in total. The number of hydrogen-bond acceptors (Lipinski definition) is 4. The van der Waals surface area contributed by atoms with Gasteiger partial charge < -0.3 is 4.90 Å². The number of nitrogens with zero attached hydrogens (tertiary/aromatic N) is 3. The van der Waals surface area contributed by atoms with Crippen molar-refractivity contribution in [3.63, 3.8) is 0 Å². The monoisotopic (exact) mass is 423 g/mol. The van der Waals surface area contributed by atoms with E-state index >= 15 is 0 Å². The predicted octanol–water partition coefficient (Wildman–Crippen LogP) is 3.10. The molecule has 1 saturated heterocycles. The van der Waals surface area contributed by atoms with Crippen LogP contribution in [0, 0.1) is 0 Å². The van der Waals surface area contributed by atoms with Gasteiger partial charge in [0.15, 0.2) is 0 Å². The molecule has 0 saturated carbocycles. The molecule has 1 atom stereocenters. The van der Waals surface area contributed by atoms with Gasteiger partial charge in [0.2, 0.25) is 5.91 Å². The third-order valence-electron chi connectivity index (χ3n) is 6.42. The molecule has 0 spiro atoms. The van der Waals surface area contributed by atoms with Gasteiger partial charge in [0.1, 0.15) is 11.4 Å². The van der Waals surface area contributed by atoms with Crippen LogP contribution >= 0.6 is 11.3 Å². The van der Waals surface area contributed by atoms with Crippen molar-refractivity contribution in [3.8, 4) is 5.69 Å². The number of aryl methyl sites for hydroxylation is 2. The minimum atomic E-state index is -0.434. The molecule has 156 valence electrons. The minimum Gasteiger partial charge on any atom is -0.338 e. The molecule has 1 fully saturated rings. The van der Waals surface area contributed by atoms with Gasteiger partial charge >= 0.3 is 5.69 Å². The third kappa shape index (κ3) is 3.03. The van der Waals surface area contributed by atoms with E-state index in [1.165, 1.54) is 25.3 Å². The number of carbonyl (C=O) groups is 1. The molecule has 0 N–H and O–H groups in total. The Morgan fingerprint density at radius 1 is 1.10 bits per heavy atom. The van der Waals surface area contributed by atoms with Crippen LogP contribution < -0.4 is 11.2 Å². The van der Waals surface area contributed by atoms with E-state index in [0.29, 0.717) is 15.9 Å². The predicted molar refractivity (Wildman–Crippen MR) is 119 cm³/mol. The first-order valence-corrected chi connectivity index (χ1v) is 11.5. The average molecular weight is 424 g/mol. The molecule has 2 aromatic heterocycles. The molecular weight excluding hydrogens is 398 g/mol. The first-order valence-electron chi connectivity index (χ1n) is 10.7. The Balaban J connectivity index is 1.70. The van der Waals surface area contributed by atoms with E-state index in [-0.39, 0.29) is 24.1 Å². The van der Waals surface area contributed by atoms with Crippen LogP contribution in [0.15, 0.2) is 39.9 Å². The third-order valence-corrected chi connectivity index (χ3v) is 7.73. The molecular formula is C23H25N3O3S. The Labute approximate surface area is 178 Å². The summed E-state index contributed by atoms with van der Waals surface area (Å²) in [5.41, 5.74) is 0.907. The van der Waals surface area contributed by atoms with Crippen LogP contribution in [0.25, 0.3) is 15.9 Å². The topological polar surface area (TPSA) is 64.3 Å². The quantitative estimate of drug-likeness (QED) is 0.650. The van der Waals surface area contributed by atoms with Crippen molar-refractivity contribution in [2.24, 2.45) is 0 Å². The molecule has 1 aromatic carbocycles. The fraction of sp³-hybridized carbons (Fsp3) is 0.435. The zero-order valence-corrected chi connectivity index (χ0v) is 17.9. The van der Waals surface area contributed by atoms with E-state index in [0.717, 1.165) is 50.6 Å². The largest absolute Gasteiger partial charge is 0.338 e. The van der Waals surface area contributed by atoms with Gasteiger partial charge in [0.25, 0.3) is 5.56 Å². The fourth-order valence-electron chi connectivity index (χ4n) is 4.85. The molecule has 1 amide bonds. The molecule has 3 aromatic rings. The summed E-state index contributed by atoms with van der Waals surface area (Å²) in [6.45, 7) is 2.78.